The number of nitrogens with two attached hydrogens (primary N) is 1. The quantitative estimate of drug-likeness (QED) is 0.578. The van der Waals surface area contributed by atoms with E-state index in [1.807, 2.05) is 0 Å². The minimum absolute atomic E-state index is 0.375. The summed E-state index contributed by atoms with van der Waals surface area (Å²) in [5.74, 6) is 0.375. The van der Waals surface area contributed by atoms with E-state index in [1.165, 1.54) is 4.90 Å². The number of rotatable bonds is 1. The Hall–Kier alpha value is -0.770. The van der Waals surface area contributed by atoms with Gasteiger partial charge in [0.15, 0.2) is 0 Å². The number of carbonyl (C=O) groups is 1. The molecule has 0 bridgehead atoms. The van der Waals surface area contributed by atoms with Crippen molar-refractivity contribution in [3.8, 4) is 0 Å². The Bertz CT molecular complexity index is 149. The molecule has 0 aromatic rings. The summed E-state index contributed by atoms with van der Waals surface area (Å²) in [6, 6.07) is 0. The number of hydrogen-bond acceptors (Lipinski definition) is 2. The van der Waals surface area contributed by atoms with Gasteiger partial charge in [-0.1, -0.05) is 0 Å². The van der Waals surface area contributed by atoms with Gasteiger partial charge in [0.05, 0.1) is 0 Å². The number of amides is 1. The second-order valence-electron chi connectivity index (χ2n) is 2.97. The molecule has 1 aliphatic heterocycles. The highest BCUT2D eigenvalue weighted by Gasteiger charge is 2.21. The predicted molar refractivity (Wildman–Crippen MR) is 41.4 cm³/mol. The number of hydrogen-bond donors (Lipinski definition) is 2. The molecule has 1 rings (SSSR count). The van der Waals surface area contributed by atoms with E-state index in [2.05, 4.69) is 0 Å². The SMILES string of the molecule is NC[C@@H]1CCCN(C(=O)O)C1. The second-order valence-corrected chi connectivity index (χ2v) is 2.97. The number of carboxylic acid groups (broad SMARTS) is 1. The van der Waals surface area contributed by atoms with Crippen molar-refractivity contribution in [1.82, 2.24) is 4.90 Å². The van der Waals surface area contributed by atoms with E-state index in [4.69, 9.17) is 10.8 Å². The maximum absolute atomic E-state index is 10.5. The molecule has 1 saturated heterocycles. The molecule has 0 aromatic heterocycles. The lowest BCUT2D eigenvalue weighted by molar-refractivity contribution is 0.121. The van der Waals surface area contributed by atoms with Gasteiger partial charge >= 0.3 is 6.09 Å². The Balaban J connectivity index is 2.39. The minimum atomic E-state index is -0.817. The van der Waals surface area contributed by atoms with E-state index in [-0.39, 0.29) is 0 Å². The fourth-order valence-electron chi connectivity index (χ4n) is 1.43. The van der Waals surface area contributed by atoms with Gasteiger partial charge < -0.3 is 15.7 Å². The van der Waals surface area contributed by atoms with E-state index in [0.717, 1.165) is 12.8 Å². The average Bonchev–Trinajstić information content (AvgIpc) is 2.05. The molecule has 0 radical (unpaired) electrons. The number of likely N-dealkylation sites (tertiary alicyclic amines) is 1. The van der Waals surface area contributed by atoms with Crippen molar-refractivity contribution in [3.63, 3.8) is 0 Å². The first kappa shape index (κ1) is 8.33. The van der Waals surface area contributed by atoms with Crippen LogP contribution in [0.15, 0.2) is 0 Å². The first-order valence-corrected chi connectivity index (χ1v) is 3.92. The van der Waals surface area contributed by atoms with Gasteiger partial charge in [0, 0.05) is 13.1 Å². The summed E-state index contributed by atoms with van der Waals surface area (Å²) >= 11 is 0. The molecule has 64 valence electrons. The summed E-state index contributed by atoms with van der Waals surface area (Å²) in [5.41, 5.74) is 5.45. The van der Waals surface area contributed by atoms with Crippen molar-refractivity contribution in [2.24, 2.45) is 11.7 Å². The first-order valence-electron chi connectivity index (χ1n) is 3.92. The van der Waals surface area contributed by atoms with Gasteiger partial charge in [-0.3, -0.25) is 0 Å². The third kappa shape index (κ3) is 2.08. The predicted octanol–water partition coefficient (Wildman–Crippen LogP) is 0.335. The normalized spacial score (nSPS) is 25.2. The van der Waals surface area contributed by atoms with Gasteiger partial charge in [-0.25, -0.2) is 4.79 Å². The topological polar surface area (TPSA) is 66.6 Å². The molecular formula is C7H14N2O2. The number of nitrogens with zero attached hydrogens (tertiary/aromatic N) is 1. The summed E-state index contributed by atoms with van der Waals surface area (Å²) in [7, 11) is 0. The Labute approximate surface area is 66.0 Å². The van der Waals surface area contributed by atoms with Crippen molar-refractivity contribution >= 4 is 6.09 Å². The van der Waals surface area contributed by atoms with Crippen LogP contribution in [0.1, 0.15) is 12.8 Å². The number of piperidine rings is 1. The van der Waals surface area contributed by atoms with Crippen LogP contribution in [0.2, 0.25) is 0 Å². The zero-order valence-electron chi connectivity index (χ0n) is 6.49. The first-order chi connectivity index (χ1) is 5.24. The van der Waals surface area contributed by atoms with Gasteiger partial charge in [0.25, 0.3) is 0 Å². The molecule has 3 N–H and O–H groups in total. The molecule has 4 heteroatoms. The largest absolute Gasteiger partial charge is 0.465 e. The molecule has 0 aromatic carbocycles. The zero-order valence-corrected chi connectivity index (χ0v) is 6.49. The molecule has 0 spiro atoms. The monoisotopic (exact) mass is 158 g/mol. The maximum Gasteiger partial charge on any atom is 0.407 e. The minimum Gasteiger partial charge on any atom is -0.465 e. The standard InChI is InChI=1S/C7H14N2O2/c8-4-6-2-1-3-9(5-6)7(10)11/h6H,1-5,8H2,(H,10,11)/t6-/m0/s1. The van der Waals surface area contributed by atoms with Crippen molar-refractivity contribution in [1.29, 1.82) is 0 Å². The van der Waals surface area contributed by atoms with Crippen molar-refractivity contribution in [2.75, 3.05) is 19.6 Å². The van der Waals surface area contributed by atoms with Gasteiger partial charge in [0.1, 0.15) is 0 Å². The summed E-state index contributed by atoms with van der Waals surface area (Å²) in [5, 5.41) is 8.64. The third-order valence-electron chi connectivity index (χ3n) is 2.12. The third-order valence-corrected chi connectivity index (χ3v) is 2.12. The smallest absolute Gasteiger partial charge is 0.407 e. The summed E-state index contributed by atoms with van der Waals surface area (Å²) in [6.07, 6.45) is 1.21. The van der Waals surface area contributed by atoms with E-state index >= 15 is 0 Å². The fourth-order valence-corrected chi connectivity index (χ4v) is 1.43. The molecule has 0 saturated carbocycles. The van der Waals surface area contributed by atoms with Crippen LogP contribution in [0.3, 0.4) is 0 Å². The van der Waals surface area contributed by atoms with E-state index in [9.17, 15) is 4.79 Å². The summed E-state index contributed by atoms with van der Waals surface area (Å²) < 4.78 is 0. The van der Waals surface area contributed by atoms with Crippen LogP contribution in [0.25, 0.3) is 0 Å². The average molecular weight is 158 g/mol. The van der Waals surface area contributed by atoms with Gasteiger partial charge in [0.2, 0.25) is 0 Å². The van der Waals surface area contributed by atoms with Gasteiger partial charge in [-0.15, -0.1) is 0 Å². The summed E-state index contributed by atoms with van der Waals surface area (Å²) in [4.78, 5) is 11.9. The van der Waals surface area contributed by atoms with Crippen molar-refractivity contribution in [2.45, 2.75) is 12.8 Å². The maximum atomic E-state index is 10.5. The molecule has 1 fully saturated rings. The van der Waals surface area contributed by atoms with E-state index in [1.54, 1.807) is 0 Å². The molecule has 1 heterocycles. The van der Waals surface area contributed by atoms with E-state index in [0.29, 0.717) is 25.6 Å². The fraction of sp³-hybridized carbons (Fsp3) is 0.857. The highest BCUT2D eigenvalue weighted by Crippen LogP contribution is 2.14. The van der Waals surface area contributed by atoms with Crippen LogP contribution in [0.4, 0.5) is 4.79 Å². The van der Waals surface area contributed by atoms with Crippen LogP contribution in [-0.2, 0) is 0 Å². The molecule has 11 heavy (non-hydrogen) atoms. The second kappa shape index (κ2) is 3.57. The Kier molecular flexibility index (Phi) is 2.70. The molecule has 1 amide bonds. The van der Waals surface area contributed by atoms with Crippen molar-refractivity contribution in [3.05, 3.63) is 0 Å². The van der Waals surface area contributed by atoms with Crippen LogP contribution in [0.5, 0.6) is 0 Å². The molecule has 1 aliphatic rings. The highest BCUT2D eigenvalue weighted by molar-refractivity contribution is 5.65. The Morgan fingerprint density at radius 2 is 2.45 bits per heavy atom. The lowest BCUT2D eigenvalue weighted by Crippen LogP contribution is -2.41. The molecule has 4 nitrogen and oxygen atoms in total. The zero-order chi connectivity index (χ0) is 8.27. The Morgan fingerprint density at radius 3 is 3.00 bits per heavy atom. The lowest BCUT2D eigenvalue weighted by atomic mass is 9.99. The van der Waals surface area contributed by atoms with Crippen LogP contribution in [-0.4, -0.2) is 35.7 Å². The van der Waals surface area contributed by atoms with Crippen LogP contribution < -0.4 is 5.73 Å². The molecule has 0 aliphatic carbocycles. The summed E-state index contributed by atoms with van der Waals surface area (Å²) in [6.45, 7) is 1.89. The molecule has 0 unspecified atom stereocenters. The van der Waals surface area contributed by atoms with Crippen molar-refractivity contribution < 1.29 is 9.90 Å². The van der Waals surface area contributed by atoms with Crippen LogP contribution in [0, 0.1) is 5.92 Å². The Morgan fingerprint density at radius 1 is 1.73 bits per heavy atom. The highest BCUT2D eigenvalue weighted by atomic mass is 16.4. The molecular weight excluding hydrogens is 144 g/mol. The van der Waals surface area contributed by atoms with Gasteiger partial charge in [-0.2, -0.15) is 0 Å². The van der Waals surface area contributed by atoms with E-state index < -0.39 is 6.09 Å². The van der Waals surface area contributed by atoms with Gasteiger partial charge in [-0.05, 0) is 25.3 Å². The van der Waals surface area contributed by atoms with Crippen LogP contribution >= 0.6 is 0 Å². The molecule has 1 atom stereocenters. The lowest BCUT2D eigenvalue weighted by Gasteiger charge is -2.29.